The highest BCUT2D eigenvalue weighted by molar-refractivity contribution is 5.28. The van der Waals surface area contributed by atoms with Crippen molar-refractivity contribution in [2.75, 3.05) is 52.9 Å². The fourth-order valence-corrected chi connectivity index (χ4v) is 3.74. The van der Waals surface area contributed by atoms with Crippen LogP contribution in [0.2, 0.25) is 0 Å². The lowest BCUT2D eigenvalue weighted by molar-refractivity contribution is 0.0470. The maximum absolute atomic E-state index is 10.4. The lowest BCUT2D eigenvalue weighted by Gasteiger charge is -2.34. The van der Waals surface area contributed by atoms with Crippen LogP contribution < -0.4 is 4.74 Å². The molecule has 2 heterocycles. The molecule has 0 aliphatic carbocycles. The summed E-state index contributed by atoms with van der Waals surface area (Å²) in [5, 5.41) is 10.4. The normalized spacial score (nSPS) is 16.8. The number of hydrogen-bond donors (Lipinski definition) is 1. The van der Waals surface area contributed by atoms with Crippen LogP contribution in [0.15, 0.2) is 48.8 Å². The molecule has 1 saturated heterocycles. The highest BCUT2D eigenvalue weighted by Crippen LogP contribution is 2.16. The van der Waals surface area contributed by atoms with Gasteiger partial charge in [-0.3, -0.25) is 14.8 Å². The number of benzene rings is 1. The average molecular weight is 399 g/mol. The number of likely N-dealkylation sites (N-methyl/N-ethyl adjacent to an activating group) is 1. The summed E-state index contributed by atoms with van der Waals surface area (Å²) < 4.78 is 5.88. The predicted molar refractivity (Wildman–Crippen MR) is 116 cm³/mol. The molecule has 1 aromatic carbocycles. The van der Waals surface area contributed by atoms with Gasteiger partial charge in [-0.2, -0.15) is 0 Å². The Morgan fingerprint density at radius 2 is 1.79 bits per heavy atom. The fraction of sp³-hybridized carbons (Fsp3) is 0.522. The Labute approximate surface area is 174 Å². The molecule has 6 nitrogen and oxygen atoms in total. The molecule has 0 radical (unpaired) electrons. The van der Waals surface area contributed by atoms with Gasteiger partial charge in [0, 0.05) is 58.2 Å². The number of rotatable bonds is 10. The Kier molecular flexibility index (Phi) is 8.43. The molecule has 1 atom stereocenters. The van der Waals surface area contributed by atoms with Crippen LogP contribution in [-0.2, 0) is 13.1 Å². The minimum atomic E-state index is -0.472. The van der Waals surface area contributed by atoms with Gasteiger partial charge in [-0.25, -0.2) is 0 Å². The number of hydrogen-bond acceptors (Lipinski definition) is 6. The first kappa shape index (κ1) is 21.7. The van der Waals surface area contributed by atoms with Crippen LogP contribution in [0.4, 0.5) is 0 Å². The van der Waals surface area contributed by atoms with Gasteiger partial charge < -0.3 is 14.7 Å². The van der Waals surface area contributed by atoms with Crippen molar-refractivity contribution in [3.05, 3.63) is 59.9 Å². The first-order valence-corrected chi connectivity index (χ1v) is 10.5. The van der Waals surface area contributed by atoms with Crippen LogP contribution in [0.5, 0.6) is 5.75 Å². The van der Waals surface area contributed by atoms with Crippen molar-refractivity contribution in [1.29, 1.82) is 0 Å². The van der Waals surface area contributed by atoms with E-state index in [2.05, 4.69) is 51.9 Å². The molecule has 2 aromatic rings. The highest BCUT2D eigenvalue weighted by Gasteiger charge is 2.18. The number of aliphatic hydroxyl groups excluding tert-OH is 1. The number of aliphatic hydroxyl groups is 1. The van der Waals surface area contributed by atoms with E-state index in [1.54, 1.807) is 6.20 Å². The van der Waals surface area contributed by atoms with E-state index in [0.29, 0.717) is 13.2 Å². The monoisotopic (exact) mass is 398 g/mol. The first-order valence-electron chi connectivity index (χ1n) is 10.5. The van der Waals surface area contributed by atoms with Gasteiger partial charge in [0.15, 0.2) is 0 Å². The van der Waals surface area contributed by atoms with Gasteiger partial charge in [0.2, 0.25) is 0 Å². The molecular weight excluding hydrogens is 364 g/mol. The van der Waals surface area contributed by atoms with E-state index in [0.717, 1.165) is 51.6 Å². The Hall–Kier alpha value is -1.99. The molecule has 0 amide bonds. The molecule has 29 heavy (non-hydrogen) atoms. The summed E-state index contributed by atoms with van der Waals surface area (Å²) in [4.78, 5) is 11.2. The predicted octanol–water partition coefficient (Wildman–Crippen LogP) is 2.09. The van der Waals surface area contributed by atoms with Crippen LogP contribution in [0.25, 0.3) is 0 Å². The van der Waals surface area contributed by atoms with Crippen LogP contribution in [0.1, 0.15) is 18.1 Å². The summed E-state index contributed by atoms with van der Waals surface area (Å²) in [5.74, 6) is 0.812. The molecule has 0 spiro atoms. The molecular formula is C23H34N4O2. The van der Waals surface area contributed by atoms with Crippen LogP contribution in [0.3, 0.4) is 0 Å². The number of pyridine rings is 1. The Morgan fingerprint density at radius 3 is 2.52 bits per heavy atom. The Bertz CT molecular complexity index is 720. The van der Waals surface area contributed by atoms with E-state index in [-0.39, 0.29) is 0 Å². The summed E-state index contributed by atoms with van der Waals surface area (Å²) in [5.41, 5.74) is 2.39. The molecule has 158 valence electrons. The largest absolute Gasteiger partial charge is 0.491 e. The van der Waals surface area contributed by atoms with Gasteiger partial charge in [0.1, 0.15) is 18.5 Å². The zero-order valence-corrected chi connectivity index (χ0v) is 17.7. The molecule has 3 rings (SSSR count). The maximum Gasteiger partial charge on any atom is 0.119 e. The van der Waals surface area contributed by atoms with E-state index in [4.69, 9.17) is 4.74 Å². The van der Waals surface area contributed by atoms with E-state index < -0.39 is 6.10 Å². The van der Waals surface area contributed by atoms with Crippen molar-refractivity contribution >= 4 is 0 Å². The van der Waals surface area contributed by atoms with E-state index in [1.165, 1.54) is 11.1 Å². The van der Waals surface area contributed by atoms with E-state index in [9.17, 15) is 5.11 Å². The van der Waals surface area contributed by atoms with Gasteiger partial charge in [-0.05, 0) is 42.9 Å². The van der Waals surface area contributed by atoms with Crippen molar-refractivity contribution in [3.63, 3.8) is 0 Å². The van der Waals surface area contributed by atoms with Crippen LogP contribution >= 0.6 is 0 Å². The Morgan fingerprint density at radius 1 is 1.07 bits per heavy atom. The van der Waals surface area contributed by atoms with Crippen molar-refractivity contribution < 1.29 is 9.84 Å². The molecule has 0 bridgehead atoms. The quantitative estimate of drug-likeness (QED) is 0.661. The SMILES string of the molecule is CCN1CCN(C[C@H](O)COc2cccc(CN(C)Cc3cccnc3)c2)CC1. The van der Waals surface area contributed by atoms with Crippen molar-refractivity contribution in [1.82, 2.24) is 19.7 Å². The first-order chi connectivity index (χ1) is 14.1. The van der Waals surface area contributed by atoms with Gasteiger partial charge in [0.05, 0.1) is 0 Å². The lowest BCUT2D eigenvalue weighted by atomic mass is 10.2. The molecule has 1 aromatic heterocycles. The summed E-state index contributed by atoms with van der Waals surface area (Å²) in [6.07, 6.45) is 3.23. The number of nitrogens with zero attached hydrogens (tertiary/aromatic N) is 4. The summed E-state index contributed by atoms with van der Waals surface area (Å²) in [6.45, 7) is 10.2. The summed E-state index contributed by atoms with van der Waals surface area (Å²) >= 11 is 0. The molecule has 1 aliphatic heterocycles. The molecule has 1 fully saturated rings. The third kappa shape index (κ3) is 7.40. The minimum Gasteiger partial charge on any atom is -0.491 e. The molecule has 1 N–H and O–H groups in total. The number of piperazine rings is 1. The summed E-state index contributed by atoms with van der Waals surface area (Å²) in [6, 6.07) is 12.2. The maximum atomic E-state index is 10.4. The van der Waals surface area contributed by atoms with Gasteiger partial charge in [-0.15, -0.1) is 0 Å². The molecule has 0 unspecified atom stereocenters. The molecule has 0 saturated carbocycles. The van der Waals surface area contributed by atoms with E-state index in [1.807, 2.05) is 24.4 Å². The second-order valence-electron chi connectivity index (χ2n) is 7.88. The highest BCUT2D eigenvalue weighted by atomic mass is 16.5. The average Bonchev–Trinajstić information content (AvgIpc) is 2.74. The van der Waals surface area contributed by atoms with E-state index >= 15 is 0 Å². The topological polar surface area (TPSA) is 52.1 Å². The Balaban J connectivity index is 1.42. The number of aromatic nitrogens is 1. The number of β-amino-alcohol motifs (C(OH)–C–C–N with tert-alkyl or cyclic N) is 1. The van der Waals surface area contributed by atoms with Crippen molar-refractivity contribution in [3.8, 4) is 5.75 Å². The zero-order chi connectivity index (χ0) is 20.5. The summed E-state index contributed by atoms with van der Waals surface area (Å²) in [7, 11) is 2.10. The lowest BCUT2D eigenvalue weighted by Crippen LogP contribution is -2.49. The molecule has 6 heteroatoms. The fourth-order valence-electron chi connectivity index (χ4n) is 3.74. The zero-order valence-electron chi connectivity index (χ0n) is 17.7. The third-order valence-corrected chi connectivity index (χ3v) is 5.35. The standard InChI is InChI=1S/C23H34N4O2/c1-3-26-10-12-27(13-11-26)18-22(28)19-29-23-8-4-6-20(14-23)16-25(2)17-21-7-5-9-24-15-21/h4-9,14-15,22,28H,3,10-13,16-19H2,1-2H3/t22-/m0/s1. The van der Waals surface area contributed by atoms with Crippen molar-refractivity contribution in [2.45, 2.75) is 26.1 Å². The van der Waals surface area contributed by atoms with Gasteiger partial charge in [0.25, 0.3) is 0 Å². The van der Waals surface area contributed by atoms with Gasteiger partial charge >= 0.3 is 0 Å². The third-order valence-electron chi connectivity index (χ3n) is 5.35. The van der Waals surface area contributed by atoms with Crippen molar-refractivity contribution in [2.24, 2.45) is 0 Å². The van der Waals surface area contributed by atoms with Crippen LogP contribution in [-0.4, -0.2) is 83.8 Å². The smallest absolute Gasteiger partial charge is 0.119 e. The second-order valence-corrected chi connectivity index (χ2v) is 7.88. The molecule has 1 aliphatic rings. The minimum absolute atomic E-state index is 0.322. The number of ether oxygens (including phenoxy) is 1. The second kappa shape index (κ2) is 11.3. The van der Waals surface area contributed by atoms with Crippen LogP contribution in [0, 0.1) is 0 Å². The van der Waals surface area contributed by atoms with Gasteiger partial charge in [-0.1, -0.05) is 25.1 Å².